The molecule has 23 heavy (non-hydrogen) atoms. The molecular formula is C15H18N4O3S. The Balaban J connectivity index is 2.19. The molecular weight excluding hydrogens is 316 g/mol. The quantitative estimate of drug-likeness (QED) is 0.788. The molecule has 0 aliphatic heterocycles. The summed E-state index contributed by atoms with van der Waals surface area (Å²) in [7, 11) is 1.80. The average molecular weight is 334 g/mol. The lowest BCUT2D eigenvalue weighted by Gasteiger charge is -2.11. The SMILES string of the molecule is C/C=C/CC(NC(=O)c1sc(-c2cnn(C)c2)nc1C)C(=O)O. The van der Waals surface area contributed by atoms with Gasteiger partial charge in [-0.05, 0) is 20.3 Å². The maximum absolute atomic E-state index is 12.3. The van der Waals surface area contributed by atoms with E-state index >= 15 is 0 Å². The zero-order valence-electron chi connectivity index (χ0n) is 13.1. The number of carboxylic acid groups (broad SMARTS) is 1. The minimum absolute atomic E-state index is 0.241. The summed E-state index contributed by atoms with van der Waals surface area (Å²) in [5.41, 5.74) is 1.39. The molecule has 2 aromatic rings. The van der Waals surface area contributed by atoms with Gasteiger partial charge in [0.1, 0.15) is 15.9 Å². The number of aryl methyl sites for hydroxylation is 2. The Bertz CT molecular complexity index is 748. The van der Waals surface area contributed by atoms with Crippen LogP contribution in [0.15, 0.2) is 24.5 Å². The van der Waals surface area contributed by atoms with Gasteiger partial charge in [0.15, 0.2) is 0 Å². The van der Waals surface area contributed by atoms with Gasteiger partial charge in [-0.1, -0.05) is 12.2 Å². The van der Waals surface area contributed by atoms with Crippen LogP contribution in [0.4, 0.5) is 0 Å². The molecule has 1 amide bonds. The first kappa shape index (κ1) is 16.9. The number of carbonyl (C=O) groups excluding carboxylic acids is 1. The molecule has 8 heteroatoms. The fourth-order valence-corrected chi connectivity index (χ4v) is 2.92. The monoisotopic (exact) mass is 334 g/mol. The number of rotatable bonds is 6. The Morgan fingerprint density at radius 3 is 2.83 bits per heavy atom. The third-order valence-electron chi connectivity index (χ3n) is 3.17. The lowest BCUT2D eigenvalue weighted by atomic mass is 10.2. The summed E-state index contributed by atoms with van der Waals surface area (Å²) in [4.78, 5) is 28.3. The molecule has 0 saturated heterocycles. The highest BCUT2D eigenvalue weighted by molar-refractivity contribution is 7.17. The standard InChI is InChI=1S/C15H18N4O3S/c1-4-5-6-11(15(21)22)18-13(20)12-9(2)17-14(23-12)10-7-16-19(3)8-10/h4-5,7-8,11H,6H2,1-3H3,(H,18,20)(H,21,22)/b5-4+. The number of amides is 1. The van der Waals surface area contributed by atoms with E-state index in [4.69, 9.17) is 0 Å². The molecule has 0 saturated carbocycles. The summed E-state index contributed by atoms with van der Waals surface area (Å²) < 4.78 is 1.66. The highest BCUT2D eigenvalue weighted by Crippen LogP contribution is 2.27. The van der Waals surface area contributed by atoms with Crippen LogP contribution in [0.2, 0.25) is 0 Å². The zero-order chi connectivity index (χ0) is 17.0. The predicted molar refractivity (Wildman–Crippen MR) is 87.4 cm³/mol. The third-order valence-corrected chi connectivity index (χ3v) is 4.37. The number of allylic oxidation sites excluding steroid dienone is 1. The van der Waals surface area contributed by atoms with Crippen molar-refractivity contribution in [3.8, 4) is 10.6 Å². The minimum Gasteiger partial charge on any atom is -0.480 e. The van der Waals surface area contributed by atoms with Crippen molar-refractivity contribution in [1.82, 2.24) is 20.1 Å². The molecule has 0 aliphatic rings. The number of nitrogens with zero attached hydrogens (tertiary/aromatic N) is 3. The predicted octanol–water partition coefficient (Wildman–Crippen LogP) is 2.00. The van der Waals surface area contributed by atoms with Crippen LogP contribution in [0.5, 0.6) is 0 Å². The van der Waals surface area contributed by atoms with E-state index in [9.17, 15) is 14.7 Å². The van der Waals surface area contributed by atoms with Crippen LogP contribution in [0.25, 0.3) is 10.6 Å². The Morgan fingerprint density at radius 2 is 2.26 bits per heavy atom. The van der Waals surface area contributed by atoms with Crippen LogP contribution in [0, 0.1) is 6.92 Å². The average Bonchev–Trinajstić information content (AvgIpc) is 3.09. The number of carboxylic acids is 1. The van der Waals surface area contributed by atoms with Gasteiger partial charge in [0.05, 0.1) is 11.9 Å². The number of thiazole rings is 1. The first-order valence-corrected chi connectivity index (χ1v) is 7.85. The van der Waals surface area contributed by atoms with E-state index in [1.54, 1.807) is 43.9 Å². The lowest BCUT2D eigenvalue weighted by molar-refractivity contribution is -0.139. The highest BCUT2D eigenvalue weighted by Gasteiger charge is 2.23. The van der Waals surface area contributed by atoms with E-state index < -0.39 is 17.9 Å². The van der Waals surface area contributed by atoms with Crippen LogP contribution >= 0.6 is 11.3 Å². The maximum atomic E-state index is 12.3. The van der Waals surface area contributed by atoms with Gasteiger partial charge in [-0.15, -0.1) is 11.3 Å². The summed E-state index contributed by atoms with van der Waals surface area (Å²) in [6, 6.07) is -0.956. The number of aromatic nitrogens is 3. The van der Waals surface area contributed by atoms with Crippen molar-refractivity contribution in [2.24, 2.45) is 7.05 Å². The Labute approximate surface area is 137 Å². The number of nitrogens with one attached hydrogen (secondary N) is 1. The summed E-state index contributed by atoms with van der Waals surface area (Å²) >= 11 is 1.22. The molecule has 1 atom stereocenters. The van der Waals surface area contributed by atoms with Crippen molar-refractivity contribution in [3.63, 3.8) is 0 Å². The Morgan fingerprint density at radius 1 is 1.52 bits per heavy atom. The number of hydrogen-bond donors (Lipinski definition) is 2. The lowest BCUT2D eigenvalue weighted by Crippen LogP contribution is -2.40. The van der Waals surface area contributed by atoms with Gasteiger partial charge in [-0.2, -0.15) is 5.10 Å². The van der Waals surface area contributed by atoms with Gasteiger partial charge in [0, 0.05) is 18.8 Å². The molecule has 2 aromatic heterocycles. The molecule has 7 nitrogen and oxygen atoms in total. The smallest absolute Gasteiger partial charge is 0.326 e. The fraction of sp³-hybridized carbons (Fsp3) is 0.333. The van der Waals surface area contributed by atoms with E-state index in [0.717, 1.165) is 5.56 Å². The van der Waals surface area contributed by atoms with Crippen molar-refractivity contribution >= 4 is 23.2 Å². The highest BCUT2D eigenvalue weighted by atomic mass is 32.1. The second kappa shape index (κ2) is 7.19. The van der Waals surface area contributed by atoms with Crippen molar-refractivity contribution in [3.05, 3.63) is 35.1 Å². The van der Waals surface area contributed by atoms with Crippen LogP contribution in [0.1, 0.15) is 28.7 Å². The van der Waals surface area contributed by atoms with Gasteiger partial charge in [0.25, 0.3) is 5.91 Å². The number of hydrogen-bond acceptors (Lipinski definition) is 5. The summed E-state index contributed by atoms with van der Waals surface area (Å²) in [6.45, 7) is 3.53. The van der Waals surface area contributed by atoms with E-state index in [2.05, 4.69) is 15.4 Å². The molecule has 2 heterocycles. The van der Waals surface area contributed by atoms with E-state index in [-0.39, 0.29) is 6.42 Å². The topological polar surface area (TPSA) is 97.1 Å². The molecule has 0 bridgehead atoms. The fourth-order valence-electron chi connectivity index (χ4n) is 1.98. The van der Waals surface area contributed by atoms with Crippen LogP contribution < -0.4 is 5.32 Å². The van der Waals surface area contributed by atoms with Crippen molar-refractivity contribution in [2.45, 2.75) is 26.3 Å². The molecule has 0 spiro atoms. The molecule has 0 radical (unpaired) electrons. The summed E-state index contributed by atoms with van der Waals surface area (Å²) in [5.74, 6) is -1.49. The van der Waals surface area contributed by atoms with E-state index in [1.807, 2.05) is 6.20 Å². The largest absolute Gasteiger partial charge is 0.480 e. The molecule has 122 valence electrons. The maximum Gasteiger partial charge on any atom is 0.326 e. The normalized spacial score (nSPS) is 12.5. The van der Waals surface area contributed by atoms with E-state index in [0.29, 0.717) is 15.6 Å². The van der Waals surface area contributed by atoms with Gasteiger partial charge >= 0.3 is 5.97 Å². The minimum atomic E-state index is -1.06. The van der Waals surface area contributed by atoms with Gasteiger partial charge in [-0.3, -0.25) is 9.48 Å². The molecule has 2 rings (SSSR count). The van der Waals surface area contributed by atoms with Gasteiger partial charge < -0.3 is 10.4 Å². The van der Waals surface area contributed by atoms with Crippen LogP contribution in [-0.4, -0.2) is 37.8 Å². The molecule has 0 aromatic carbocycles. The van der Waals surface area contributed by atoms with Crippen molar-refractivity contribution in [1.29, 1.82) is 0 Å². The van der Waals surface area contributed by atoms with Gasteiger partial charge in [-0.25, -0.2) is 9.78 Å². The first-order chi connectivity index (χ1) is 10.9. The molecule has 0 aliphatic carbocycles. The second-order valence-electron chi connectivity index (χ2n) is 5.01. The molecule has 2 N–H and O–H groups in total. The van der Waals surface area contributed by atoms with Crippen LogP contribution in [-0.2, 0) is 11.8 Å². The number of carbonyl (C=O) groups is 2. The second-order valence-corrected chi connectivity index (χ2v) is 6.00. The summed E-state index contributed by atoms with van der Waals surface area (Å²) in [6.07, 6.45) is 7.18. The third kappa shape index (κ3) is 4.04. The summed E-state index contributed by atoms with van der Waals surface area (Å²) in [5, 5.41) is 16.5. The first-order valence-electron chi connectivity index (χ1n) is 7.03. The Kier molecular flexibility index (Phi) is 5.28. The Hall–Kier alpha value is -2.48. The van der Waals surface area contributed by atoms with Crippen molar-refractivity contribution < 1.29 is 14.7 Å². The van der Waals surface area contributed by atoms with Gasteiger partial charge in [0.2, 0.25) is 0 Å². The molecule has 1 unspecified atom stereocenters. The molecule has 0 fully saturated rings. The van der Waals surface area contributed by atoms with Crippen LogP contribution in [0.3, 0.4) is 0 Å². The number of aliphatic carboxylic acids is 1. The van der Waals surface area contributed by atoms with E-state index in [1.165, 1.54) is 11.3 Å². The zero-order valence-corrected chi connectivity index (χ0v) is 13.9. The van der Waals surface area contributed by atoms with Crippen molar-refractivity contribution in [2.75, 3.05) is 0 Å².